The number of ether oxygens (including phenoxy) is 1. The molecule has 2 heterocycles. The Morgan fingerprint density at radius 1 is 1.28 bits per heavy atom. The fourth-order valence-corrected chi connectivity index (χ4v) is 3.03. The van der Waals surface area contributed by atoms with E-state index in [2.05, 4.69) is 29.2 Å². The van der Waals surface area contributed by atoms with E-state index in [1.54, 1.807) is 0 Å². The van der Waals surface area contributed by atoms with E-state index in [4.69, 9.17) is 4.74 Å². The van der Waals surface area contributed by atoms with Gasteiger partial charge in [-0.15, -0.1) is 0 Å². The molecule has 2 fully saturated rings. The Kier molecular flexibility index (Phi) is 5.89. The summed E-state index contributed by atoms with van der Waals surface area (Å²) in [6.45, 7) is 6.64. The number of hydrogen-bond acceptors (Lipinski definition) is 4. The van der Waals surface area contributed by atoms with Crippen LogP contribution in [0.5, 0.6) is 0 Å². The van der Waals surface area contributed by atoms with Crippen molar-refractivity contribution in [2.24, 2.45) is 0 Å². The molecule has 1 N–H and O–H groups in total. The van der Waals surface area contributed by atoms with Crippen LogP contribution < -0.4 is 5.32 Å². The van der Waals surface area contributed by atoms with E-state index in [0.717, 1.165) is 32.3 Å². The van der Waals surface area contributed by atoms with Gasteiger partial charge < -0.3 is 19.9 Å². The van der Waals surface area contributed by atoms with Crippen molar-refractivity contribution in [3.05, 3.63) is 0 Å². The molecule has 0 saturated carbocycles. The van der Waals surface area contributed by atoms with E-state index >= 15 is 0 Å². The summed E-state index contributed by atoms with van der Waals surface area (Å²) in [5.41, 5.74) is 0. The summed E-state index contributed by atoms with van der Waals surface area (Å²) < 4.78 is 5.38. The van der Waals surface area contributed by atoms with E-state index in [0.29, 0.717) is 6.04 Å². The van der Waals surface area contributed by atoms with Gasteiger partial charge in [0.15, 0.2) is 0 Å². The SMILES string of the molecule is CN1CCCC(N(C)CCNC2CCOCC2)C1. The van der Waals surface area contributed by atoms with Gasteiger partial charge in [0.05, 0.1) is 0 Å². The second kappa shape index (κ2) is 7.43. The molecule has 0 aromatic rings. The van der Waals surface area contributed by atoms with Crippen LogP contribution in [0.1, 0.15) is 25.7 Å². The summed E-state index contributed by atoms with van der Waals surface area (Å²) in [7, 11) is 4.51. The molecular formula is C14H29N3O. The number of rotatable bonds is 5. The normalized spacial score (nSPS) is 27.8. The molecule has 4 nitrogen and oxygen atoms in total. The van der Waals surface area contributed by atoms with Gasteiger partial charge in [0.25, 0.3) is 0 Å². The van der Waals surface area contributed by atoms with Crippen molar-refractivity contribution < 1.29 is 4.74 Å². The Balaban J connectivity index is 1.60. The first-order chi connectivity index (χ1) is 8.75. The summed E-state index contributed by atoms with van der Waals surface area (Å²) >= 11 is 0. The van der Waals surface area contributed by atoms with Crippen LogP contribution in [0.3, 0.4) is 0 Å². The molecule has 0 aromatic carbocycles. The molecular weight excluding hydrogens is 226 g/mol. The Hall–Kier alpha value is -0.160. The van der Waals surface area contributed by atoms with E-state index in [-0.39, 0.29) is 0 Å². The van der Waals surface area contributed by atoms with Gasteiger partial charge in [-0.05, 0) is 46.3 Å². The third-order valence-electron chi connectivity index (χ3n) is 4.34. The quantitative estimate of drug-likeness (QED) is 0.786. The van der Waals surface area contributed by atoms with Gasteiger partial charge in [-0.25, -0.2) is 0 Å². The average Bonchev–Trinajstić information content (AvgIpc) is 2.40. The molecule has 1 unspecified atom stereocenters. The van der Waals surface area contributed by atoms with Crippen molar-refractivity contribution in [2.45, 2.75) is 37.8 Å². The van der Waals surface area contributed by atoms with Crippen LogP contribution in [-0.2, 0) is 4.74 Å². The van der Waals surface area contributed by atoms with Crippen molar-refractivity contribution in [1.29, 1.82) is 0 Å². The van der Waals surface area contributed by atoms with E-state index in [1.165, 1.54) is 38.8 Å². The second-order valence-electron chi connectivity index (χ2n) is 5.88. The molecule has 0 radical (unpaired) electrons. The van der Waals surface area contributed by atoms with E-state index in [9.17, 15) is 0 Å². The molecule has 4 heteroatoms. The minimum atomic E-state index is 0.682. The fourth-order valence-electron chi connectivity index (χ4n) is 3.03. The van der Waals surface area contributed by atoms with Crippen LogP contribution in [0.2, 0.25) is 0 Å². The number of piperidine rings is 1. The van der Waals surface area contributed by atoms with Crippen molar-refractivity contribution in [1.82, 2.24) is 15.1 Å². The summed E-state index contributed by atoms with van der Waals surface area (Å²) in [6, 6.07) is 1.43. The lowest BCUT2D eigenvalue weighted by molar-refractivity contribution is 0.0759. The van der Waals surface area contributed by atoms with E-state index in [1.807, 2.05) is 0 Å². The van der Waals surface area contributed by atoms with Gasteiger partial charge in [0.2, 0.25) is 0 Å². The lowest BCUT2D eigenvalue weighted by Gasteiger charge is -2.36. The van der Waals surface area contributed by atoms with Crippen LogP contribution >= 0.6 is 0 Å². The fraction of sp³-hybridized carbons (Fsp3) is 1.00. The Morgan fingerprint density at radius 3 is 2.78 bits per heavy atom. The number of likely N-dealkylation sites (N-methyl/N-ethyl adjacent to an activating group) is 2. The van der Waals surface area contributed by atoms with Crippen molar-refractivity contribution in [3.8, 4) is 0 Å². The Labute approximate surface area is 112 Å². The first-order valence-corrected chi connectivity index (χ1v) is 7.45. The number of nitrogens with zero attached hydrogens (tertiary/aromatic N) is 2. The first kappa shape index (κ1) is 14.3. The highest BCUT2D eigenvalue weighted by Crippen LogP contribution is 2.13. The number of nitrogens with one attached hydrogen (secondary N) is 1. The second-order valence-corrected chi connectivity index (χ2v) is 5.88. The minimum absolute atomic E-state index is 0.682. The minimum Gasteiger partial charge on any atom is -0.381 e. The van der Waals surface area contributed by atoms with Crippen LogP contribution in [0.25, 0.3) is 0 Å². The maximum Gasteiger partial charge on any atom is 0.0480 e. The zero-order chi connectivity index (χ0) is 12.8. The van der Waals surface area contributed by atoms with Gasteiger partial charge in [0.1, 0.15) is 0 Å². The van der Waals surface area contributed by atoms with Crippen LogP contribution in [-0.4, -0.2) is 75.4 Å². The smallest absolute Gasteiger partial charge is 0.0480 e. The first-order valence-electron chi connectivity index (χ1n) is 7.45. The molecule has 0 amide bonds. The highest BCUT2D eigenvalue weighted by molar-refractivity contribution is 4.78. The van der Waals surface area contributed by atoms with Crippen molar-refractivity contribution >= 4 is 0 Å². The predicted molar refractivity (Wildman–Crippen MR) is 75.0 cm³/mol. The van der Waals surface area contributed by atoms with Gasteiger partial charge >= 0.3 is 0 Å². The molecule has 18 heavy (non-hydrogen) atoms. The third-order valence-corrected chi connectivity index (χ3v) is 4.34. The molecule has 0 bridgehead atoms. The largest absolute Gasteiger partial charge is 0.381 e. The molecule has 1 atom stereocenters. The highest BCUT2D eigenvalue weighted by Gasteiger charge is 2.21. The monoisotopic (exact) mass is 255 g/mol. The molecule has 2 saturated heterocycles. The zero-order valence-corrected chi connectivity index (χ0v) is 12.0. The van der Waals surface area contributed by atoms with Gasteiger partial charge in [-0.3, -0.25) is 0 Å². The Bertz CT molecular complexity index is 231. The summed E-state index contributed by atoms with van der Waals surface area (Å²) in [5, 5.41) is 3.67. The molecule has 2 rings (SSSR count). The summed E-state index contributed by atoms with van der Waals surface area (Å²) in [5.74, 6) is 0. The van der Waals surface area contributed by atoms with Crippen LogP contribution in [0.15, 0.2) is 0 Å². The number of hydrogen-bond donors (Lipinski definition) is 1. The lowest BCUT2D eigenvalue weighted by atomic mass is 10.1. The maximum atomic E-state index is 5.38. The lowest BCUT2D eigenvalue weighted by Crippen LogP contribution is -2.47. The summed E-state index contributed by atoms with van der Waals surface area (Å²) in [6.07, 6.45) is 5.06. The molecule has 0 spiro atoms. The molecule has 2 aliphatic heterocycles. The molecule has 0 aromatic heterocycles. The summed E-state index contributed by atoms with van der Waals surface area (Å²) in [4.78, 5) is 4.98. The zero-order valence-electron chi connectivity index (χ0n) is 12.0. The van der Waals surface area contributed by atoms with Gasteiger partial charge in [-0.2, -0.15) is 0 Å². The molecule has 0 aliphatic carbocycles. The Morgan fingerprint density at radius 2 is 2.06 bits per heavy atom. The van der Waals surface area contributed by atoms with E-state index < -0.39 is 0 Å². The third kappa shape index (κ3) is 4.50. The standard InChI is InChI=1S/C14H29N3O/c1-16-8-3-4-14(12-16)17(2)9-7-15-13-5-10-18-11-6-13/h13-15H,3-12H2,1-2H3. The predicted octanol–water partition coefficient (Wildman–Crippen LogP) is 0.781. The van der Waals surface area contributed by atoms with Crippen LogP contribution in [0, 0.1) is 0 Å². The van der Waals surface area contributed by atoms with Gasteiger partial charge in [0, 0.05) is 44.9 Å². The molecule has 2 aliphatic rings. The maximum absolute atomic E-state index is 5.38. The molecule has 106 valence electrons. The van der Waals surface area contributed by atoms with Gasteiger partial charge in [-0.1, -0.05) is 0 Å². The van der Waals surface area contributed by atoms with Crippen LogP contribution in [0.4, 0.5) is 0 Å². The number of likely N-dealkylation sites (tertiary alicyclic amines) is 1. The average molecular weight is 255 g/mol. The van der Waals surface area contributed by atoms with Crippen molar-refractivity contribution in [3.63, 3.8) is 0 Å². The topological polar surface area (TPSA) is 27.7 Å². The van der Waals surface area contributed by atoms with Crippen molar-refractivity contribution in [2.75, 3.05) is 53.5 Å². The highest BCUT2D eigenvalue weighted by atomic mass is 16.5.